The Bertz CT molecular complexity index is 871. The van der Waals surface area contributed by atoms with Crippen LogP contribution in [0.25, 0.3) is 0 Å². The zero-order valence-electron chi connectivity index (χ0n) is 14.3. The molecule has 1 N–H and O–H groups in total. The second-order valence-electron chi connectivity index (χ2n) is 6.26. The lowest BCUT2D eigenvalue weighted by atomic mass is 10.0. The molecule has 2 aromatic rings. The van der Waals surface area contributed by atoms with Crippen LogP contribution in [-0.4, -0.2) is 32.3 Å². The van der Waals surface area contributed by atoms with Crippen molar-refractivity contribution in [3.05, 3.63) is 66.0 Å². The number of rotatable bonds is 6. The summed E-state index contributed by atoms with van der Waals surface area (Å²) in [4.78, 5) is 14.4. The van der Waals surface area contributed by atoms with Crippen molar-refractivity contribution in [1.29, 1.82) is 0 Å². The minimum absolute atomic E-state index is 0.0302. The highest BCUT2D eigenvalue weighted by Gasteiger charge is 2.30. The number of amides is 1. The second kappa shape index (κ2) is 7.97. The van der Waals surface area contributed by atoms with Gasteiger partial charge >= 0.3 is 0 Å². The van der Waals surface area contributed by atoms with E-state index in [0.717, 1.165) is 18.4 Å². The van der Waals surface area contributed by atoms with Crippen LogP contribution in [-0.2, 0) is 14.8 Å². The van der Waals surface area contributed by atoms with Gasteiger partial charge in [-0.25, -0.2) is 17.5 Å². The lowest BCUT2D eigenvalue weighted by molar-refractivity contribution is -0.131. The van der Waals surface area contributed by atoms with Crippen LogP contribution in [0.3, 0.4) is 0 Å². The molecular formula is C19H21FN2O3S. The Morgan fingerprint density at radius 1 is 1.15 bits per heavy atom. The van der Waals surface area contributed by atoms with Crippen LogP contribution in [0.15, 0.2) is 59.5 Å². The van der Waals surface area contributed by atoms with Gasteiger partial charge in [0.15, 0.2) is 0 Å². The van der Waals surface area contributed by atoms with Crippen molar-refractivity contribution in [3.63, 3.8) is 0 Å². The first-order valence-corrected chi connectivity index (χ1v) is 10.1. The summed E-state index contributed by atoms with van der Waals surface area (Å²) in [6.07, 6.45) is 1.70. The van der Waals surface area contributed by atoms with Crippen LogP contribution >= 0.6 is 0 Å². The molecule has 1 aliphatic rings. The standard InChI is InChI=1S/C19H21FN2O3S/c20-16-7-4-6-15(14-16)18-10-5-13-22(18)19(23)11-12-21-26(24,25)17-8-2-1-3-9-17/h1-4,6-9,14,18,21H,5,10-13H2. The van der Waals surface area contributed by atoms with Crippen molar-refractivity contribution < 1.29 is 17.6 Å². The lowest BCUT2D eigenvalue weighted by Crippen LogP contribution is -2.34. The van der Waals surface area contributed by atoms with Gasteiger partial charge in [-0.1, -0.05) is 30.3 Å². The zero-order valence-corrected chi connectivity index (χ0v) is 15.1. The number of hydrogen-bond acceptors (Lipinski definition) is 3. The van der Waals surface area contributed by atoms with Gasteiger partial charge < -0.3 is 4.90 Å². The molecule has 1 amide bonds. The zero-order chi connectivity index (χ0) is 18.6. The Labute approximate surface area is 152 Å². The summed E-state index contributed by atoms with van der Waals surface area (Å²) < 4.78 is 40.3. The molecule has 7 heteroatoms. The molecule has 1 atom stereocenters. The average molecular weight is 376 g/mol. The average Bonchev–Trinajstić information content (AvgIpc) is 3.12. The first-order valence-electron chi connectivity index (χ1n) is 8.57. The van der Waals surface area contributed by atoms with E-state index < -0.39 is 10.0 Å². The molecular weight excluding hydrogens is 355 g/mol. The van der Waals surface area contributed by atoms with Gasteiger partial charge in [-0.2, -0.15) is 0 Å². The molecule has 0 saturated carbocycles. The van der Waals surface area contributed by atoms with Gasteiger partial charge in [0.05, 0.1) is 10.9 Å². The summed E-state index contributed by atoms with van der Waals surface area (Å²) in [5, 5.41) is 0. The van der Waals surface area contributed by atoms with Crippen LogP contribution in [0.4, 0.5) is 4.39 Å². The predicted molar refractivity (Wildman–Crippen MR) is 96.3 cm³/mol. The maximum absolute atomic E-state index is 13.5. The van der Waals surface area contributed by atoms with Gasteiger partial charge in [-0.15, -0.1) is 0 Å². The molecule has 0 aromatic heterocycles. The summed E-state index contributed by atoms with van der Waals surface area (Å²) in [6.45, 7) is 0.633. The van der Waals surface area contributed by atoms with E-state index in [1.807, 2.05) is 6.07 Å². The number of hydrogen-bond donors (Lipinski definition) is 1. The molecule has 0 bridgehead atoms. The predicted octanol–water partition coefficient (Wildman–Crippen LogP) is 2.86. The Morgan fingerprint density at radius 3 is 2.65 bits per heavy atom. The van der Waals surface area contributed by atoms with Crippen LogP contribution in [0.1, 0.15) is 30.9 Å². The minimum atomic E-state index is -3.62. The lowest BCUT2D eigenvalue weighted by Gasteiger charge is -2.25. The third-order valence-electron chi connectivity index (χ3n) is 4.49. The van der Waals surface area contributed by atoms with Crippen molar-refractivity contribution in [2.24, 2.45) is 0 Å². The summed E-state index contributed by atoms with van der Waals surface area (Å²) in [5.74, 6) is -0.454. The van der Waals surface area contributed by atoms with Crippen molar-refractivity contribution in [1.82, 2.24) is 9.62 Å². The summed E-state index contributed by atoms with van der Waals surface area (Å²) in [6, 6.07) is 14.2. The van der Waals surface area contributed by atoms with Gasteiger partial charge in [0.25, 0.3) is 0 Å². The Balaban J connectivity index is 1.59. The fourth-order valence-corrected chi connectivity index (χ4v) is 4.30. The molecule has 2 aromatic carbocycles. The molecule has 138 valence electrons. The van der Waals surface area contributed by atoms with E-state index in [9.17, 15) is 17.6 Å². The maximum Gasteiger partial charge on any atom is 0.240 e. The van der Waals surface area contributed by atoms with Crippen LogP contribution in [0, 0.1) is 5.82 Å². The van der Waals surface area contributed by atoms with Crippen LogP contribution < -0.4 is 4.72 Å². The van der Waals surface area contributed by atoms with E-state index in [-0.39, 0.29) is 35.6 Å². The summed E-state index contributed by atoms with van der Waals surface area (Å²) >= 11 is 0. The fourth-order valence-electron chi connectivity index (χ4n) is 3.24. The first-order chi connectivity index (χ1) is 12.5. The SMILES string of the molecule is O=C(CCNS(=O)(=O)c1ccccc1)N1CCCC1c1cccc(F)c1. The molecule has 0 aliphatic carbocycles. The van der Waals surface area contributed by atoms with Gasteiger partial charge in [0.1, 0.15) is 5.82 Å². The second-order valence-corrected chi connectivity index (χ2v) is 8.03. The van der Waals surface area contributed by atoms with E-state index in [1.165, 1.54) is 24.3 Å². The molecule has 1 aliphatic heterocycles. The van der Waals surface area contributed by atoms with Gasteiger partial charge in [-0.05, 0) is 42.7 Å². The number of carbonyl (C=O) groups excluding carboxylic acids is 1. The quantitative estimate of drug-likeness (QED) is 0.843. The third-order valence-corrected chi connectivity index (χ3v) is 5.97. The van der Waals surface area contributed by atoms with E-state index in [2.05, 4.69) is 4.72 Å². The highest BCUT2D eigenvalue weighted by Crippen LogP contribution is 2.32. The van der Waals surface area contributed by atoms with E-state index >= 15 is 0 Å². The number of carbonyl (C=O) groups is 1. The number of likely N-dealkylation sites (tertiary alicyclic amines) is 1. The number of halogens is 1. The number of benzene rings is 2. The molecule has 5 nitrogen and oxygen atoms in total. The first kappa shape index (κ1) is 18.5. The molecule has 1 fully saturated rings. The molecule has 3 rings (SSSR count). The molecule has 1 unspecified atom stereocenters. The number of nitrogens with one attached hydrogen (secondary N) is 1. The highest BCUT2D eigenvalue weighted by atomic mass is 32.2. The fraction of sp³-hybridized carbons (Fsp3) is 0.316. The normalized spacial score (nSPS) is 17.4. The maximum atomic E-state index is 13.5. The minimum Gasteiger partial charge on any atom is -0.336 e. The Kier molecular flexibility index (Phi) is 5.68. The molecule has 26 heavy (non-hydrogen) atoms. The highest BCUT2D eigenvalue weighted by molar-refractivity contribution is 7.89. The summed E-state index contributed by atoms with van der Waals surface area (Å²) in [7, 11) is -3.62. The van der Waals surface area contributed by atoms with E-state index in [0.29, 0.717) is 6.54 Å². The molecule has 0 spiro atoms. The van der Waals surface area contributed by atoms with E-state index in [4.69, 9.17) is 0 Å². The Hall–Kier alpha value is -2.25. The summed E-state index contributed by atoms with van der Waals surface area (Å²) in [5.41, 5.74) is 0.778. The van der Waals surface area contributed by atoms with Gasteiger partial charge in [-0.3, -0.25) is 4.79 Å². The van der Waals surface area contributed by atoms with Crippen molar-refractivity contribution in [3.8, 4) is 0 Å². The number of nitrogens with zero attached hydrogens (tertiary/aromatic N) is 1. The van der Waals surface area contributed by atoms with Crippen LogP contribution in [0.5, 0.6) is 0 Å². The van der Waals surface area contributed by atoms with Crippen LogP contribution in [0.2, 0.25) is 0 Å². The topological polar surface area (TPSA) is 66.5 Å². The Morgan fingerprint density at radius 2 is 1.92 bits per heavy atom. The van der Waals surface area contributed by atoms with Gasteiger partial charge in [0, 0.05) is 19.5 Å². The molecule has 1 heterocycles. The smallest absolute Gasteiger partial charge is 0.240 e. The third kappa shape index (κ3) is 4.28. The van der Waals surface area contributed by atoms with E-state index in [1.54, 1.807) is 29.2 Å². The van der Waals surface area contributed by atoms with Gasteiger partial charge in [0.2, 0.25) is 15.9 Å². The van der Waals surface area contributed by atoms with Crippen molar-refractivity contribution in [2.45, 2.75) is 30.2 Å². The largest absolute Gasteiger partial charge is 0.336 e. The molecule has 0 radical (unpaired) electrons. The monoisotopic (exact) mass is 376 g/mol. The number of sulfonamides is 1. The van der Waals surface area contributed by atoms with Crippen molar-refractivity contribution >= 4 is 15.9 Å². The van der Waals surface area contributed by atoms with Crippen molar-refractivity contribution in [2.75, 3.05) is 13.1 Å². The molecule has 1 saturated heterocycles.